The van der Waals surface area contributed by atoms with Gasteiger partial charge in [0, 0.05) is 10.6 Å². The van der Waals surface area contributed by atoms with Crippen molar-refractivity contribution in [2.24, 2.45) is 0 Å². The summed E-state index contributed by atoms with van der Waals surface area (Å²) in [5.74, 6) is -0.163. The normalized spacial score (nSPS) is 10.5. The van der Waals surface area contributed by atoms with Crippen molar-refractivity contribution in [3.8, 4) is 10.4 Å². The molecule has 3 rings (SSSR count). The van der Waals surface area contributed by atoms with Crippen LogP contribution in [0.3, 0.4) is 0 Å². The van der Waals surface area contributed by atoms with E-state index in [1.165, 1.54) is 11.3 Å². The molecule has 0 spiro atoms. The molecule has 1 amide bonds. The Morgan fingerprint density at radius 1 is 1.04 bits per heavy atom. The number of nitrogens with two attached hydrogens (primary N) is 1. The van der Waals surface area contributed by atoms with Gasteiger partial charge >= 0.3 is 0 Å². The molecule has 0 fully saturated rings. The maximum atomic E-state index is 12.6. The highest BCUT2D eigenvalue weighted by atomic mass is 32.1. The number of anilines is 2. The molecule has 116 valence electrons. The van der Waals surface area contributed by atoms with E-state index in [0.717, 1.165) is 27.3 Å². The second kappa shape index (κ2) is 6.26. The van der Waals surface area contributed by atoms with Gasteiger partial charge in [-0.2, -0.15) is 0 Å². The van der Waals surface area contributed by atoms with Crippen LogP contribution < -0.4 is 11.1 Å². The zero-order valence-electron chi connectivity index (χ0n) is 13.1. The van der Waals surface area contributed by atoms with Gasteiger partial charge in [-0.25, -0.2) is 0 Å². The van der Waals surface area contributed by atoms with E-state index in [9.17, 15) is 4.79 Å². The van der Waals surface area contributed by atoms with Crippen LogP contribution in [0.5, 0.6) is 0 Å². The van der Waals surface area contributed by atoms with Gasteiger partial charge in [0.2, 0.25) is 0 Å². The second-order valence-corrected chi connectivity index (χ2v) is 6.54. The number of rotatable bonds is 3. The number of benzene rings is 2. The summed E-state index contributed by atoms with van der Waals surface area (Å²) in [4.78, 5) is 13.7. The molecule has 0 aliphatic rings. The molecular weight excluding hydrogens is 304 g/mol. The molecule has 0 aliphatic carbocycles. The van der Waals surface area contributed by atoms with E-state index in [0.29, 0.717) is 10.6 Å². The molecular formula is C19H18N2OS. The lowest BCUT2D eigenvalue weighted by Crippen LogP contribution is -2.14. The van der Waals surface area contributed by atoms with Crippen molar-refractivity contribution in [3.05, 3.63) is 71.3 Å². The van der Waals surface area contributed by atoms with Gasteiger partial charge in [-0.1, -0.05) is 42.5 Å². The van der Waals surface area contributed by atoms with Crippen molar-refractivity contribution in [2.45, 2.75) is 13.8 Å². The van der Waals surface area contributed by atoms with Crippen LogP contribution in [0, 0.1) is 13.8 Å². The Labute approximate surface area is 139 Å². The minimum absolute atomic E-state index is 0.163. The first-order chi connectivity index (χ1) is 11.1. The van der Waals surface area contributed by atoms with E-state index in [2.05, 4.69) is 5.32 Å². The van der Waals surface area contributed by atoms with Crippen LogP contribution in [0.25, 0.3) is 10.4 Å². The Morgan fingerprint density at radius 3 is 2.48 bits per heavy atom. The van der Waals surface area contributed by atoms with Gasteiger partial charge in [0.05, 0.1) is 10.6 Å². The summed E-state index contributed by atoms with van der Waals surface area (Å²) in [6.45, 7) is 3.94. The monoisotopic (exact) mass is 322 g/mol. The number of carbonyl (C=O) groups is 1. The first-order valence-corrected chi connectivity index (χ1v) is 8.20. The second-order valence-electron chi connectivity index (χ2n) is 5.49. The third-order valence-corrected chi connectivity index (χ3v) is 4.88. The topological polar surface area (TPSA) is 55.1 Å². The third-order valence-electron chi connectivity index (χ3n) is 3.71. The van der Waals surface area contributed by atoms with Crippen molar-refractivity contribution >= 4 is 27.9 Å². The fraction of sp³-hybridized carbons (Fsp3) is 0.105. The van der Waals surface area contributed by atoms with E-state index >= 15 is 0 Å². The van der Waals surface area contributed by atoms with Crippen LogP contribution in [0.4, 0.5) is 10.7 Å². The molecule has 1 aromatic heterocycles. The Balaban J connectivity index is 1.94. The minimum Gasteiger partial charge on any atom is -0.390 e. The molecule has 2 aromatic carbocycles. The van der Waals surface area contributed by atoms with E-state index in [1.807, 2.05) is 68.4 Å². The number of thiophene rings is 1. The number of hydrogen-bond acceptors (Lipinski definition) is 3. The zero-order valence-corrected chi connectivity index (χ0v) is 13.9. The quantitative estimate of drug-likeness (QED) is 0.723. The summed E-state index contributed by atoms with van der Waals surface area (Å²) in [5, 5.41) is 3.48. The van der Waals surface area contributed by atoms with Crippen molar-refractivity contribution in [1.29, 1.82) is 0 Å². The summed E-state index contributed by atoms with van der Waals surface area (Å²) in [5.41, 5.74) is 10.6. The van der Waals surface area contributed by atoms with Crippen LogP contribution >= 0.6 is 11.3 Å². The summed E-state index contributed by atoms with van der Waals surface area (Å²) < 4.78 is 0. The predicted molar refractivity (Wildman–Crippen MR) is 98.0 cm³/mol. The molecule has 0 saturated heterocycles. The number of hydrogen-bond donors (Lipinski definition) is 2. The highest BCUT2D eigenvalue weighted by Crippen LogP contribution is 2.38. The van der Waals surface area contributed by atoms with Gasteiger partial charge < -0.3 is 11.1 Å². The molecule has 23 heavy (non-hydrogen) atoms. The lowest BCUT2D eigenvalue weighted by atomic mass is 10.1. The lowest BCUT2D eigenvalue weighted by molar-refractivity contribution is 0.102. The fourth-order valence-electron chi connectivity index (χ4n) is 2.60. The summed E-state index contributed by atoms with van der Waals surface area (Å²) >= 11 is 1.45. The molecule has 0 bridgehead atoms. The summed E-state index contributed by atoms with van der Waals surface area (Å²) in [7, 11) is 0. The van der Waals surface area contributed by atoms with E-state index in [4.69, 9.17) is 5.73 Å². The maximum Gasteiger partial charge on any atom is 0.258 e. The number of amides is 1. The largest absolute Gasteiger partial charge is 0.390 e. The highest BCUT2D eigenvalue weighted by Gasteiger charge is 2.20. The number of aryl methyl sites for hydroxylation is 1. The van der Waals surface area contributed by atoms with Crippen molar-refractivity contribution in [3.63, 3.8) is 0 Å². The molecule has 1 heterocycles. The molecule has 0 unspecified atom stereocenters. The molecule has 0 saturated carbocycles. The van der Waals surface area contributed by atoms with Crippen LogP contribution in [0.1, 0.15) is 21.5 Å². The van der Waals surface area contributed by atoms with Gasteiger partial charge in [-0.15, -0.1) is 11.3 Å². The average Bonchev–Trinajstić information content (AvgIpc) is 2.83. The maximum absolute atomic E-state index is 12.6. The van der Waals surface area contributed by atoms with E-state index in [-0.39, 0.29) is 5.91 Å². The Bertz CT molecular complexity index is 853. The van der Waals surface area contributed by atoms with Gasteiger partial charge in [0.15, 0.2) is 0 Å². The predicted octanol–water partition coefficient (Wildman–Crippen LogP) is 4.87. The molecule has 4 heteroatoms. The molecule has 3 N–H and O–H groups in total. The van der Waals surface area contributed by atoms with Gasteiger partial charge in [-0.3, -0.25) is 4.79 Å². The summed E-state index contributed by atoms with van der Waals surface area (Å²) in [6.07, 6.45) is 0. The lowest BCUT2D eigenvalue weighted by Gasteiger charge is -2.07. The van der Waals surface area contributed by atoms with Gasteiger partial charge in [-0.05, 0) is 42.7 Å². The first-order valence-electron chi connectivity index (χ1n) is 7.38. The standard InChI is InChI=1S/C19H18N2OS/c1-12-7-6-10-15(11-12)21-19(22)16-13(2)17(23-18(16)20)14-8-4-3-5-9-14/h3-11H,20H2,1-2H3,(H,21,22). The molecule has 0 atom stereocenters. The number of nitrogen functional groups attached to an aromatic ring is 1. The Kier molecular flexibility index (Phi) is 4.17. The van der Waals surface area contributed by atoms with Crippen LogP contribution in [-0.2, 0) is 0 Å². The van der Waals surface area contributed by atoms with E-state index < -0.39 is 0 Å². The SMILES string of the molecule is Cc1cccc(NC(=O)c2c(N)sc(-c3ccccc3)c2C)c1. The fourth-order valence-corrected chi connectivity index (χ4v) is 3.68. The molecule has 0 aliphatic heterocycles. The summed E-state index contributed by atoms with van der Waals surface area (Å²) in [6, 6.07) is 17.7. The Hall–Kier alpha value is -2.59. The van der Waals surface area contributed by atoms with Crippen molar-refractivity contribution in [1.82, 2.24) is 0 Å². The average molecular weight is 322 g/mol. The molecule has 3 aromatic rings. The zero-order chi connectivity index (χ0) is 16.4. The third kappa shape index (κ3) is 3.12. The highest BCUT2D eigenvalue weighted by molar-refractivity contribution is 7.20. The van der Waals surface area contributed by atoms with Crippen molar-refractivity contribution < 1.29 is 4.79 Å². The molecule has 3 nitrogen and oxygen atoms in total. The van der Waals surface area contributed by atoms with Crippen LogP contribution in [0.15, 0.2) is 54.6 Å². The molecule has 0 radical (unpaired) electrons. The minimum atomic E-state index is -0.163. The number of nitrogens with one attached hydrogen (secondary N) is 1. The smallest absolute Gasteiger partial charge is 0.258 e. The van der Waals surface area contributed by atoms with Gasteiger partial charge in [0.1, 0.15) is 0 Å². The van der Waals surface area contributed by atoms with Crippen molar-refractivity contribution in [2.75, 3.05) is 11.1 Å². The van der Waals surface area contributed by atoms with Gasteiger partial charge in [0.25, 0.3) is 5.91 Å². The first kappa shape index (κ1) is 15.3. The Morgan fingerprint density at radius 2 is 1.78 bits per heavy atom. The van der Waals surface area contributed by atoms with E-state index in [1.54, 1.807) is 0 Å². The number of carbonyl (C=O) groups excluding carboxylic acids is 1. The van der Waals surface area contributed by atoms with Crippen LogP contribution in [-0.4, -0.2) is 5.91 Å². The van der Waals surface area contributed by atoms with Crippen LogP contribution in [0.2, 0.25) is 0 Å².